The van der Waals surface area contributed by atoms with Gasteiger partial charge in [0.2, 0.25) is 0 Å². The largest absolute Gasteiger partial charge is 0.463 e. The molecule has 0 aliphatic rings. The van der Waals surface area contributed by atoms with Gasteiger partial charge in [0, 0.05) is 0 Å². The van der Waals surface area contributed by atoms with Crippen LogP contribution in [0.3, 0.4) is 0 Å². The molecule has 0 atom stereocenters. The molecule has 1 aromatic rings. The van der Waals surface area contributed by atoms with Crippen molar-refractivity contribution in [3.8, 4) is 0 Å². The van der Waals surface area contributed by atoms with Crippen molar-refractivity contribution in [3.63, 3.8) is 0 Å². The fourth-order valence-corrected chi connectivity index (χ4v) is 0.681. The average Bonchev–Trinajstić information content (AvgIpc) is 2.34. The van der Waals surface area contributed by atoms with E-state index in [4.69, 9.17) is 0 Å². The fourth-order valence-electron chi connectivity index (χ4n) is 0.425. The maximum absolute atomic E-state index is 10.6. The number of ether oxygens (including phenoxy) is 1. The summed E-state index contributed by atoms with van der Waals surface area (Å²) in [6, 6.07) is 0. The Morgan fingerprint density at radius 1 is 1.73 bits per heavy atom. The van der Waals surface area contributed by atoms with Crippen molar-refractivity contribution in [1.29, 1.82) is 0 Å². The number of carbonyl (C=O) groups excluding carboxylic acids is 1. The summed E-state index contributed by atoms with van der Waals surface area (Å²) in [5.41, 5.74) is 0. The van der Waals surface area contributed by atoms with Crippen LogP contribution in [-0.4, -0.2) is 28.3 Å². The van der Waals surface area contributed by atoms with Crippen molar-refractivity contribution in [2.45, 2.75) is 0 Å². The highest BCUT2D eigenvalue weighted by Gasteiger charge is 2.10. The Hall–Kier alpha value is -0.430. The van der Waals surface area contributed by atoms with Crippen molar-refractivity contribution in [2.75, 3.05) is 7.11 Å². The first kappa shape index (κ1) is 10.6. The van der Waals surface area contributed by atoms with Crippen molar-refractivity contribution in [3.05, 3.63) is 10.6 Å². The number of H-pyrrole nitrogens is 1. The standard InChI is InChI=1S/C4H4BrN3O2.BrH/c1-10-3(9)2-6-4(5)8-7-2;/h1H3,(H,6,7,8);1H. The van der Waals surface area contributed by atoms with Gasteiger partial charge in [-0.3, -0.25) is 5.10 Å². The van der Waals surface area contributed by atoms with E-state index in [-0.39, 0.29) is 22.8 Å². The highest BCUT2D eigenvalue weighted by molar-refractivity contribution is 9.10. The van der Waals surface area contributed by atoms with Crippen LogP contribution < -0.4 is 0 Å². The predicted octanol–water partition coefficient (Wildman–Crippen LogP) is 0.932. The molecule has 7 heteroatoms. The second kappa shape index (κ2) is 4.45. The molecular formula is C4H5Br2N3O2. The lowest BCUT2D eigenvalue weighted by molar-refractivity contribution is 0.0587. The topological polar surface area (TPSA) is 67.9 Å². The van der Waals surface area contributed by atoms with Gasteiger partial charge in [0.05, 0.1) is 7.11 Å². The number of hydrogen-bond acceptors (Lipinski definition) is 4. The van der Waals surface area contributed by atoms with Crippen LogP contribution >= 0.6 is 32.9 Å². The van der Waals surface area contributed by atoms with Crippen molar-refractivity contribution < 1.29 is 9.53 Å². The Morgan fingerprint density at radius 3 is 2.73 bits per heavy atom. The molecule has 0 spiro atoms. The lowest BCUT2D eigenvalue weighted by Gasteiger charge is -1.87. The number of aromatic amines is 1. The maximum Gasteiger partial charge on any atom is 0.377 e. The number of hydrogen-bond donors (Lipinski definition) is 1. The molecule has 0 saturated carbocycles. The van der Waals surface area contributed by atoms with Crippen molar-refractivity contribution in [1.82, 2.24) is 15.2 Å². The van der Waals surface area contributed by atoms with E-state index in [9.17, 15) is 4.79 Å². The van der Waals surface area contributed by atoms with Gasteiger partial charge in [-0.25, -0.2) is 4.79 Å². The molecule has 1 rings (SSSR count). The summed E-state index contributed by atoms with van der Waals surface area (Å²) in [7, 11) is 1.27. The van der Waals surface area contributed by atoms with Crippen LogP contribution in [0.5, 0.6) is 0 Å². The highest BCUT2D eigenvalue weighted by Crippen LogP contribution is 2.00. The normalized spacial score (nSPS) is 8.55. The molecule has 1 N–H and O–H groups in total. The van der Waals surface area contributed by atoms with E-state index in [1.54, 1.807) is 0 Å². The smallest absolute Gasteiger partial charge is 0.377 e. The Kier molecular flexibility index (Phi) is 4.27. The average molecular weight is 287 g/mol. The third-order valence-electron chi connectivity index (χ3n) is 0.826. The minimum Gasteiger partial charge on any atom is -0.463 e. The molecule has 0 bridgehead atoms. The van der Waals surface area contributed by atoms with Gasteiger partial charge in [-0.05, 0) is 15.9 Å². The minimum absolute atomic E-state index is 0. The van der Waals surface area contributed by atoms with E-state index < -0.39 is 5.97 Å². The summed E-state index contributed by atoms with van der Waals surface area (Å²) in [6.45, 7) is 0. The first-order valence-electron chi connectivity index (χ1n) is 2.40. The van der Waals surface area contributed by atoms with E-state index in [0.717, 1.165) is 0 Å². The van der Waals surface area contributed by atoms with Gasteiger partial charge in [0.25, 0.3) is 5.82 Å². The Balaban J connectivity index is 0.000001000. The molecule has 1 aromatic heterocycles. The van der Waals surface area contributed by atoms with Crippen LogP contribution in [0.1, 0.15) is 10.6 Å². The van der Waals surface area contributed by atoms with Crippen LogP contribution in [0, 0.1) is 0 Å². The summed E-state index contributed by atoms with van der Waals surface area (Å²) < 4.78 is 4.75. The summed E-state index contributed by atoms with van der Waals surface area (Å²) in [4.78, 5) is 14.3. The molecule has 62 valence electrons. The monoisotopic (exact) mass is 285 g/mol. The van der Waals surface area contributed by atoms with Gasteiger partial charge in [-0.15, -0.1) is 22.1 Å². The third-order valence-corrected chi connectivity index (χ3v) is 1.18. The van der Waals surface area contributed by atoms with E-state index in [1.165, 1.54) is 7.11 Å². The predicted molar refractivity (Wildman–Crippen MR) is 45.7 cm³/mol. The van der Waals surface area contributed by atoms with Gasteiger partial charge < -0.3 is 4.74 Å². The van der Waals surface area contributed by atoms with Gasteiger partial charge in [0.15, 0.2) is 4.73 Å². The number of aromatic nitrogens is 3. The number of carbonyl (C=O) groups is 1. The zero-order valence-corrected chi connectivity index (χ0v) is 8.80. The van der Waals surface area contributed by atoms with Crippen molar-refractivity contribution >= 4 is 38.9 Å². The summed E-state index contributed by atoms with van der Waals surface area (Å²) in [5, 5.41) is 5.97. The second-order valence-corrected chi connectivity index (χ2v) is 2.19. The third kappa shape index (κ3) is 2.58. The number of halogens is 2. The molecule has 0 fully saturated rings. The molecular weight excluding hydrogens is 282 g/mol. The van der Waals surface area contributed by atoms with Crippen LogP contribution in [0.25, 0.3) is 0 Å². The van der Waals surface area contributed by atoms with Crippen LogP contribution in [0.4, 0.5) is 0 Å². The zero-order chi connectivity index (χ0) is 7.56. The molecule has 11 heavy (non-hydrogen) atoms. The Bertz CT molecular complexity index is 249. The van der Waals surface area contributed by atoms with Crippen LogP contribution in [-0.2, 0) is 4.74 Å². The first-order valence-corrected chi connectivity index (χ1v) is 3.19. The van der Waals surface area contributed by atoms with Crippen LogP contribution in [0.2, 0.25) is 0 Å². The quantitative estimate of drug-likeness (QED) is 0.780. The van der Waals surface area contributed by atoms with Crippen molar-refractivity contribution in [2.24, 2.45) is 0 Å². The molecule has 0 saturated heterocycles. The second-order valence-electron chi connectivity index (χ2n) is 1.44. The molecule has 0 aliphatic carbocycles. The summed E-state index contributed by atoms with van der Waals surface area (Å²) >= 11 is 2.99. The van der Waals surface area contributed by atoms with E-state index in [2.05, 4.69) is 35.8 Å². The SMILES string of the molecule is Br.COC(=O)c1n[nH]c(Br)n1. The molecule has 5 nitrogen and oxygen atoms in total. The maximum atomic E-state index is 10.6. The summed E-state index contributed by atoms with van der Waals surface area (Å²) in [5.74, 6) is -0.531. The molecule has 0 amide bonds. The fraction of sp³-hybridized carbons (Fsp3) is 0.250. The lowest BCUT2D eigenvalue weighted by Crippen LogP contribution is -2.03. The summed E-state index contributed by atoms with van der Waals surface area (Å²) in [6.07, 6.45) is 0. The number of nitrogens with one attached hydrogen (secondary N) is 1. The lowest BCUT2D eigenvalue weighted by atomic mass is 10.6. The van der Waals surface area contributed by atoms with E-state index in [0.29, 0.717) is 4.73 Å². The van der Waals surface area contributed by atoms with E-state index >= 15 is 0 Å². The van der Waals surface area contributed by atoms with Gasteiger partial charge in [-0.2, -0.15) is 4.98 Å². The van der Waals surface area contributed by atoms with Crippen LogP contribution in [0.15, 0.2) is 4.73 Å². The molecule has 1 heterocycles. The van der Waals surface area contributed by atoms with E-state index in [1.807, 2.05) is 0 Å². The minimum atomic E-state index is -0.554. The number of rotatable bonds is 1. The first-order chi connectivity index (χ1) is 4.74. The number of nitrogens with zero attached hydrogens (tertiary/aromatic N) is 2. The Morgan fingerprint density at radius 2 is 2.36 bits per heavy atom. The molecule has 0 aromatic carbocycles. The number of methoxy groups -OCH3 is 1. The van der Waals surface area contributed by atoms with Gasteiger partial charge in [-0.1, -0.05) is 0 Å². The zero-order valence-electron chi connectivity index (χ0n) is 5.50. The number of esters is 1. The van der Waals surface area contributed by atoms with Gasteiger partial charge in [0.1, 0.15) is 0 Å². The van der Waals surface area contributed by atoms with Gasteiger partial charge >= 0.3 is 5.97 Å². The molecule has 0 radical (unpaired) electrons. The molecule has 0 unspecified atom stereocenters. The highest BCUT2D eigenvalue weighted by atomic mass is 79.9. The Labute approximate surface area is 81.4 Å². The molecule has 0 aliphatic heterocycles.